The first-order valence-electron chi connectivity index (χ1n) is 8.78. The molecule has 0 spiro atoms. The van der Waals surface area contributed by atoms with Gasteiger partial charge in [-0.1, -0.05) is 47.7 Å². The molecule has 146 valence electrons. The third-order valence-corrected chi connectivity index (χ3v) is 5.73. The predicted octanol–water partition coefficient (Wildman–Crippen LogP) is 3.40. The second kappa shape index (κ2) is 9.86. The van der Waals surface area contributed by atoms with Crippen LogP contribution >= 0.6 is 35.6 Å². The van der Waals surface area contributed by atoms with Crippen LogP contribution in [0.25, 0.3) is 6.08 Å². The lowest BCUT2D eigenvalue weighted by Gasteiger charge is -2.14. The lowest BCUT2D eigenvalue weighted by Crippen LogP contribution is -2.31. The Labute approximate surface area is 177 Å². The quantitative estimate of drug-likeness (QED) is 0.491. The van der Waals surface area contributed by atoms with Crippen LogP contribution in [-0.2, 0) is 16.0 Å². The summed E-state index contributed by atoms with van der Waals surface area (Å²) in [6, 6.07) is 7.25. The molecule has 2 amide bonds. The molecule has 1 fully saturated rings. The normalized spacial score (nSPS) is 15.5. The second-order valence-electron chi connectivity index (χ2n) is 6.17. The highest BCUT2D eigenvalue weighted by Crippen LogP contribution is 2.32. The van der Waals surface area contributed by atoms with Gasteiger partial charge in [-0.3, -0.25) is 14.5 Å². The van der Waals surface area contributed by atoms with E-state index in [4.69, 9.17) is 23.8 Å². The van der Waals surface area contributed by atoms with Gasteiger partial charge in [0.2, 0.25) is 5.91 Å². The van der Waals surface area contributed by atoms with Crippen molar-refractivity contribution in [2.45, 2.75) is 19.3 Å². The third kappa shape index (κ3) is 5.67. The minimum atomic E-state index is -0.121. The van der Waals surface area contributed by atoms with Crippen LogP contribution in [-0.4, -0.2) is 44.1 Å². The van der Waals surface area contributed by atoms with E-state index >= 15 is 0 Å². The third-order valence-electron chi connectivity index (χ3n) is 4.10. The fourth-order valence-corrected chi connectivity index (χ4v) is 4.08. The Hall–Kier alpha value is -2.16. The van der Waals surface area contributed by atoms with E-state index in [-0.39, 0.29) is 11.8 Å². The van der Waals surface area contributed by atoms with Gasteiger partial charge < -0.3 is 10.3 Å². The largest absolute Gasteiger partial charge is 0.356 e. The molecule has 6 nitrogen and oxygen atoms in total. The van der Waals surface area contributed by atoms with E-state index in [9.17, 15) is 9.59 Å². The monoisotopic (exact) mass is 434 g/mol. The maximum absolute atomic E-state index is 12.6. The van der Waals surface area contributed by atoms with Gasteiger partial charge in [0.05, 0.1) is 11.2 Å². The molecular weight excluding hydrogens is 416 g/mol. The van der Waals surface area contributed by atoms with Crippen molar-refractivity contribution in [2.24, 2.45) is 0 Å². The summed E-state index contributed by atoms with van der Waals surface area (Å²) in [7, 11) is 0. The molecule has 1 saturated heterocycles. The molecule has 0 saturated carbocycles. The van der Waals surface area contributed by atoms with Gasteiger partial charge in [0.1, 0.15) is 4.32 Å². The zero-order valence-corrected chi connectivity index (χ0v) is 17.4. The summed E-state index contributed by atoms with van der Waals surface area (Å²) in [4.78, 5) is 33.6. The Morgan fingerprint density at radius 1 is 1.36 bits per heavy atom. The zero-order chi connectivity index (χ0) is 19.9. The predicted molar refractivity (Wildman–Crippen MR) is 116 cm³/mol. The number of thiocarbonyl (C=S) groups is 1. The fourth-order valence-electron chi connectivity index (χ4n) is 2.65. The number of imidazole rings is 1. The first-order valence-corrected chi connectivity index (χ1v) is 10.4. The van der Waals surface area contributed by atoms with E-state index < -0.39 is 0 Å². The number of aromatic amines is 1. The molecule has 3 rings (SSSR count). The van der Waals surface area contributed by atoms with Crippen molar-refractivity contribution in [3.05, 3.63) is 58.0 Å². The van der Waals surface area contributed by atoms with Gasteiger partial charge in [-0.25, -0.2) is 4.98 Å². The number of halogens is 1. The molecule has 28 heavy (non-hydrogen) atoms. The number of hydrogen-bond acceptors (Lipinski definition) is 5. The number of carbonyl (C=O) groups is 2. The number of aromatic nitrogens is 2. The molecule has 1 aliphatic heterocycles. The molecule has 1 aromatic carbocycles. The summed E-state index contributed by atoms with van der Waals surface area (Å²) < 4.78 is 0.518. The van der Waals surface area contributed by atoms with Gasteiger partial charge >= 0.3 is 0 Å². The molecule has 0 unspecified atom stereocenters. The second-order valence-corrected chi connectivity index (χ2v) is 8.28. The topological polar surface area (TPSA) is 78.1 Å². The minimum absolute atomic E-state index is 0.0401. The van der Waals surface area contributed by atoms with Gasteiger partial charge in [0, 0.05) is 42.8 Å². The zero-order valence-electron chi connectivity index (χ0n) is 15.0. The number of rotatable bonds is 8. The molecular formula is C19H19ClN4O2S2. The van der Waals surface area contributed by atoms with Crippen LogP contribution in [0.1, 0.15) is 24.1 Å². The lowest BCUT2D eigenvalue weighted by molar-refractivity contribution is -0.123. The first-order chi connectivity index (χ1) is 13.5. The van der Waals surface area contributed by atoms with Crippen molar-refractivity contribution in [3.8, 4) is 0 Å². The molecule has 2 heterocycles. The molecule has 2 aromatic rings. The van der Waals surface area contributed by atoms with Crippen molar-refractivity contribution in [1.82, 2.24) is 20.2 Å². The molecule has 0 radical (unpaired) electrons. The summed E-state index contributed by atoms with van der Waals surface area (Å²) in [6.45, 7) is 0.975. The van der Waals surface area contributed by atoms with E-state index in [0.717, 1.165) is 11.3 Å². The van der Waals surface area contributed by atoms with Gasteiger partial charge in [0.25, 0.3) is 5.91 Å². The summed E-state index contributed by atoms with van der Waals surface area (Å²) >= 11 is 12.5. The highest BCUT2D eigenvalue weighted by molar-refractivity contribution is 8.26. The Morgan fingerprint density at radius 3 is 2.86 bits per heavy atom. The average molecular weight is 435 g/mol. The van der Waals surface area contributed by atoms with Crippen molar-refractivity contribution >= 4 is 57.8 Å². The summed E-state index contributed by atoms with van der Waals surface area (Å²) in [6.07, 6.45) is 6.75. The van der Waals surface area contributed by atoms with Gasteiger partial charge in [-0.05, 0) is 30.2 Å². The van der Waals surface area contributed by atoms with Gasteiger partial charge in [0.15, 0.2) is 0 Å². The van der Waals surface area contributed by atoms with E-state index in [1.807, 2.05) is 12.1 Å². The van der Waals surface area contributed by atoms with Crippen LogP contribution in [0.3, 0.4) is 0 Å². The molecule has 9 heteroatoms. The smallest absolute Gasteiger partial charge is 0.266 e. The van der Waals surface area contributed by atoms with Gasteiger partial charge in [-0.2, -0.15) is 0 Å². The summed E-state index contributed by atoms with van der Waals surface area (Å²) in [5, 5.41) is 3.51. The molecule has 1 aromatic heterocycles. The van der Waals surface area contributed by atoms with E-state index in [1.54, 1.807) is 35.6 Å². The fraction of sp³-hybridized carbons (Fsp3) is 0.263. The Kier molecular flexibility index (Phi) is 7.24. The molecule has 0 bridgehead atoms. The van der Waals surface area contributed by atoms with E-state index in [0.29, 0.717) is 46.6 Å². The van der Waals surface area contributed by atoms with Gasteiger partial charge in [-0.15, -0.1) is 0 Å². The minimum Gasteiger partial charge on any atom is -0.356 e. The number of hydrogen-bond donors (Lipinski definition) is 2. The standard InChI is InChI=1S/C19H19ClN4O2S2/c20-14-5-3-13(4-6-14)10-16-18(26)24(19(27)28-16)9-1-2-17(25)22-8-7-15-11-21-12-23-15/h3-6,10-12H,1-2,7-9H2,(H,21,23)(H,22,25). The van der Waals surface area contributed by atoms with Crippen molar-refractivity contribution in [1.29, 1.82) is 0 Å². The van der Waals surface area contributed by atoms with Crippen LogP contribution < -0.4 is 5.32 Å². The SMILES string of the molecule is O=C(CCCN1C(=O)C(=Cc2ccc(Cl)cc2)SC1=S)NCCc1cnc[nH]1. The number of nitrogens with one attached hydrogen (secondary N) is 2. The lowest BCUT2D eigenvalue weighted by atomic mass is 10.2. The molecule has 1 aliphatic rings. The van der Waals surface area contributed by atoms with Crippen LogP contribution in [0.2, 0.25) is 5.02 Å². The van der Waals surface area contributed by atoms with E-state index in [1.165, 1.54) is 11.8 Å². The first kappa shape index (κ1) is 20.6. The Balaban J connectivity index is 1.44. The van der Waals surface area contributed by atoms with Crippen molar-refractivity contribution in [3.63, 3.8) is 0 Å². The number of nitrogens with zero attached hydrogens (tertiary/aromatic N) is 2. The maximum atomic E-state index is 12.6. The molecule has 0 aliphatic carbocycles. The number of amides is 2. The van der Waals surface area contributed by atoms with E-state index in [2.05, 4.69) is 15.3 Å². The highest BCUT2D eigenvalue weighted by Gasteiger charge is 2.31. The van der Waals surface area contributed by atoms with Crippen molar-refractivity contribution in [2.75, 3.05) is 13.1 Å². The number of carbonyl (C=O) groups excluding carboxylic acids is 2. The molecule has 0 atom stereocenters. The number of benzene rings is 1. The highest BCUT2D eigenvalue weighted by atomic mass is 35.5. The number of H-pyrrole nitrogens is 1. The van der Waals surface area contributed by atoms with Crippen LogP contribution in [0.5, 0.6) is 0 Å². The average Bonchev–Trinajstić information content (AvgIpc) is 3.27. The molecule has 2 N–H and O–H groups in total. The summed E-state index contributed by atoms with van der Waals surface area (Å²) in [5.41, 5.74) is 1.87. The van der Waals surface area contributed by atoms with Crippen LogP contribution in [0.15, 0.2) is 41.7 Å². The van der Waals surface area contributed by atoms with Crippen molar-refractivity contribution < 1.29 is 9.59 Å². The van der Waals surface area contributed by atoms with Crippen LogP contribution in [0, 0.1) is 0 Å². The maximum Gasteiger partial charge on any atom is 0.266 e. The number of thioether (sulfide) groups is 1. The summed E-state index contributed by atoms with van der Waals surface area (Å²) in [5.74, 6) is -0.161. The Morgan fingerprint density at radius 2 is 2.14 bits per heavy atom. The Bertz CT molecular complexity index is 882. The van der Waals surface area contributed by atoms with Crippen LogP contribution in [0.4, 0.5) is 0 Å².